The predicted molar refractivity (Wildman–Crippen MR) is 68.9 cm³/mol. The van der Waals surface area contributed by atoms with Crippen LogP contribution in [0.5, 0.6) is 0 Å². The number of aromatic nitrogens is 1. The SMILES string of the molecule is Nc1cc(C2CCOCC2)nc2ccccc12. The maximum atomic E-state index is 6.09. The van der Waals surface area contributed by atoms with Crippen LogP contribution in [-0.2, 0) is 4.74 Å². The molecule has 17 heavy (non-hydrogen) atoms. The van der Waals surface area contributed by atoms with Crippen LogP contribution in [0.3, 0.4) is 0 Å². The van der Waals surface area contributed by atoms with E-state index >= 15 is 0 Å². The molecule has 1 aromatic carbocycles. The van der Waals surface area contributed by atoms with Gasteiger partial charge >= 0.3 is 0 Å². The molecule has 0 radical (unpaired) electrons. The van der Waals surface area contributed by atoms with Crippen LogP contribution in [0.4, 0.5) is 5.69 Å². The number of nitrogens with two attached hydrogens (primary N) is 1. The van der Waals surface area contributed by atoms with Crippen molar-refractivity contribution < 1.29 is 4.74 Å². The molecule has 2 aromatic rings. The predicted octanol–water partition coefficient (Wildman–Crippen LogP) is 2.71. The Morgan fingerprint density at radius 1 is 1.18 bits per heavy atom. The van der Waals surface area contributed by atoms with Crippen LogP contribution in [0.15, 0.2) is 30.3 Å². The van der Waals surface area contributed by atoms with Crippen LogP contribution in [0.25, 0.3) is 10.9 Å². The van der Waals surface area contributed by atoms with Gasteiger partial charge in [0.1, 0.15) is 0 Å². The summed E-state index contributed by atoms with van der Waals surface area (Å²) in [7, 11) is 0. The average Bonchev–Trinajstić information content (AvgIpc) is 2.40. The molecule has 3 nitrogen and oxygen atoms in total. The normalized spacial score (nSPS) is 17.4. The van der Waals surface area contributed by atoms with Crippen molar-refractivity contribution >= 4 is 16.6 Å². The van der Waals surface area contributed by atoms with Gasteiger partial charge in [0.2, 0.25) is 0 Å². The number of rotatable bonds is 1. The van der Waals surface area contributed by atoms with Crippen molar-refractivity contribution in [2.75, 3.05) is 18.9 Å². The fraction of sp³-hybridized carbons (Fsp3) is 0.357. The minimum atomic E-state index is 0.496. The van der Waals surface area contributed by atoms with Gasteiger partial charge in [-0.15, -0.1) is 0 Å². The second-order valence-electron chi connectivity index (χ2n) is 4.54. The summed E-state index contributed by atoms with van der Waals surface area (Å²) < 4.78 is 5.38. The van der Waals surface area contributed by atoms with Gasteiger partial charge in [0.15, 0.2) is 0 Å². The Morgan fingerprint density at radius 2 is 1.94 bits per heavy atom. The molecule has 3 rings (SSSR count). The second kappa shape index (κ2) is 4.34. The first kappa shape index (κ1) is 10.5. The Labute approximate surface area is 101 Å². The first-order chi connectivity index (χ1) is 8.34. The number of anilines is 1. The van der Waals surface area contributed by atoms with Crippen LogP contribution in [0.1, 0.15) is 24.5 Å². The largest absolute Gasteiger partial charge is 0.398 e. The van der Waals surface area contributed by atoms with Crippen LogP contribution >= 0.6 is 0 Å². The van der Waals surface area contributed by atoms with E-state index in [1.807, 2.05) is 30.3 Å². The van der Waals surface area contributed by atoms with Crippen molar-refractivity contribution in [3.8, 4) is 0 Å². The molecule has 1 fully saturated rings. The summed E-state index contributed by atoms with van der Waals surface area (Å²) in [5, 5.41) is 1.04. The summed E-state index contributed by atoms with van der Waals surface area (Å²) in [4.78, 5) is 4.72. The summed E-state index contributed by atoms with van der Waals surface area (Å²) in [5.74, 6) is 0.496. The summed E-state index contributed by atoms with van der Waals surface area (Å²) in [6.45, 7) is 1.66. The first-order valence-corrected chi connectivity index (χ1v) is 6.07. The second-order valence-corrected chi connectivity index (χ2v) is 4.54. The number of pyridine rings is 1. The Bertz CT molecular complexity index is 533. The van der Waals surface area contributed by atoms with E-state index in [1.165, 1.54) is 0 Å². The third kappa shape index (κ3) is 1.98. The van der Waals surface area contributed by atoms with Gasteiger partial charge in [-0.2, -0.15) is 0 Å². The minimum absolute atomic E-state index is 0.496. The van der Waals surface area contributed by atoms with E-state index in [9.17, 15) is 0 Å². The molecule has 0 saturated carbocycles. The van der Waals surface area contributed by atoms with Gasteiger partial charge < -0.3 is 10.5 Å². The van der Waals surface area contributed by atoms with Crippen molar-refractivity contribution in [3.63, 3.8) is 0 Å². The lowest BCUT2D eigenvalue weighted by molar-refractivity contribution is 0.0846. The molecule has 1 aromatic heterocycles. The Balaban J connectivity index is 2.05. The lowest BCUT2D eigenvalue weighted by Crippen LogP contribution is -2.15. The number of nitrogens with zero attached hydrogens (tertiary/aromatic N) is 1. The Morgan fingerprint density at radius 3 is 2.76 bits per heavy atom. The zero-order valence-electron chi connectivity index (χ0n) is 9.73. The van der Waals surface area contributed by atoms with E-state index in [4.69, 9.17) is 15.5 Å². The smallest absolute Gasteiger partial charge is 0.0726 e. The van der Waals surface area contributed by atoms with E-state index in [0.29, 0.717) is 5.92 Å². The summed E-state index contributed by atoms with van der Waals surface area (Å²) >= 11 is 0. The number of hydrogen-bond acceptors (Lipinski definition) is 3. The van der Waals surface area contributed by atoms with Gasteiger partial charge in [-0.25, -0.2) is 0 Å². The molecule has 0 aliphatic carbocycles. The van der Waals surface area contributed by atoms with Gasteiger partial charge in [0, 0.05) is 35.9 Å². The topological polar surface area (TPSA) is 48.1 Å². The summed E-state index contributed by atoms with van der Waals surface area (Å²) in [6, 6.07) is 10.1. The van der Waals surface area contributed by atoms with Crippen molar-refractivity contribution in [3.05, 3.63) is 36.0 Å². The molecule has 88 valence electrons. The van der Waals surface area contributed by atoms with Gasteiger partial charge in [-0.3, -0.25) is 4.98 Å². The highest BCUT2D eigenvalue weighted by molar-refractivity contribution is 5.90. The number of ether oxygens (including phenoxy) is 1. The molecule has 2 heterocycles. The Hall–Kier alpha value is -1.61. The molecule has 1 aliphatic rings. The number of hydrogen-bond donors (Lipinski definition) is 1. The first-order valence-electron chi connectivity index (χ1n) is 6.07. The quantitative estimate of drug-likeness (QED) is 0.816. The van der Waals surface area contributed by atoms with E-state index < -0.39 is 0 Å². The maximum absolute atomic E-state index is 6.09. The molecule has 2 N–H and O–H groups in total. The molecule has 1 saturated heterocycles. The molecule has 0 amide bonds. The average molecular weight is 228 g/mol. The van der Waals surface area contributed by atoms with Crippen LogP contribution in [-0.4, -0.2) is 18.2 Å². The highest BCUT2D eigenvalue weighted by Crippen LogP contribution is 2.29. The van der Waals surface area contributed by atoms with Crippen molar-refractivity contribution in [2.45, 2.75) is 18.8 Å². The molecule has 0 bridgehead atoms. The molecule has 0 unspecified atom stereocenters. The highest BCUT2D eigenvalue weighted by atomic mass is 16.5. The monoisotopic (exact) mass is 228 g/mol. The third-order valence-corrected chi connectivity index (χ3v) is 3.41. The lowest BCUT2D eigenvalue weighted by Gasteiger charge is -2.22. The van der Waals surface area contributed by atoms with Crippen molar-refractivity contribution in [1.82, 2.24) is 4.98 Å². The van der Waals surface area contributed by atoms with E-state index in [-0.39, 0.29) is 0 Å². The molecule has 0 atom stereocenters. The van der Waals surface area contributed by atoms with E-state index in [2.05, 4.69) is 0 Å². The van der Waals surface area contributed by atoms with Gasteiger partial charge in [0.25, 0.3) is 0 Å². The number of nitrogen functional groups attached to an aromatic ring is 1. The fourth-order valence-electron chi connectivity index (χ4n) is 2.43. The van der Waals surface area contributed by atoms with E-state index in [1.54, 1.807) is 0 Å². The standard InChI is InChI=1S/C14H16N2O/c15-12-9-14(10-5-7-17-8-6-10)16-13-4-2-1-3-11(12)13/h1-4,9-10H,5-8H2,(H2,15,16). The van der Waals surface area contributed by atoms with Gasteiger partial charge in [-0.05, 0) is 25.0 Å². The lowest BCUT2D eigenvalue weighted by atomic mass is 9.95. The minimum Gasteiger partial charge on any atom is -0.398 e. The van der Waals surface area contributed by atoms with Crippen molar-refractivity contribution in [1.29, 1.82) is 0 Å². The highest BCUT2D eigenvalue weighted by Gasteiger charge is 2.18. The molecule has 0 spiro atoms. The zero-order valence-corrected chi connectivity index (χ0v) is 9.73. The van der Waals surface area contributed by atoms with Crippen molar-refractivity contribution in [2.24, 2.45) is 0 Å². The third-order valence-electron chi connectivity index (χ3n) is 3.41. The maximum Gasteiger partial charge on any atom is 0.0726 e. The van der Waals surface area contributed by atoms with E-state index in [0.717, 1.165) is 48.3 Å². The summed E-state index contributed by atoms with van der Waals surface area (Å²) in [6.07, 6.45) is 2.09. The number of para-hydroxylation sites is 1. The zero-order chi connectivity index (χ0) is 11.7. The molecule has 1 aliphatic heterocycles. The summed E-state index contributed by atoms with van der Waals surface area (Å²) in [5.41, 5.74) is 9.03. The number of benzene rings is 1. The molecular formula is C14H16N2O. The van der Waals surface area contributed by atoms with Gasteiger partial charge in [-0.1, -0.05) is 18.2 Å². The van der Waals surface area contributed by atoms with Crippen LogP contribution in [0, 0.1) is 0 Å². The van der Waals surface area contributed by atoms with Gasteiger partial charge in [0.05, 0.1) is 5.52 Å². The molecular weight excluding hydrogens is 212 g/mol. The fourth-order valence-corrected chi connectivity index (χ4v) is 2.43. The van der Waals surface area contributed by atoms with Crippen LogP contribution < -0.4 is 5.73 Å². The number of fused-ring (bicyclic) bond motifs is 1. The molecule has 3 heteroatoms. The van der Waals surface area contributed by atoms with Crippen LogP contribution in [0.2, 0.25) is 0 Å². The Kier molecular flexibility index (Phi) is 2.69.